The number of aromatic nitrogens is 1. The first-order valence-corrected chi connectivity index (χ1v) is 9.73. The van der Waals surface area contributed by atoms with Crippen molar-refractivity contribution in [3.05, 3.63) is 18.3 Å². The average molecular weight is 329 g/mol. The number of pyridine rings is 1. The minimum absolute atomic E-state index is 0.151. The minimum atomic E-state index is -3.24. The molecule has 1 aliphatic heterocycles. The fourth-order valence-corrected chi connectivity index (χ4v) is 3.55. The number of hydrogen-bond donors (Lipinski definition) is 1. The van der Waals surface area contributed by atoms with Crippen LogP contribution in [0.5, 0.6) is 0 Å². The monoisotopic (exact) mass is 329 g/mol. The topological polar surface area (TPSA) is 79.4 Å². The van der Waals surface area contributed by atoms with E-state index in [9.17, 15) is 13.2 Å². The van der Waals surface area contributed by atoms with Gasteiger partial charge in [0.25, 0.3) is 0 Å². The van der Waals surface area contributed by atoms with E-state index in [1.54, 1.807) is 12.3 Å². The highest BCUT2D eigenvalue weighted by atomic mass is 32.2. The van der Waals surface area contributed by atoms with E-state index >= 15 is 0 Å². The zero-order valence-corrected chi connectivity index (χ0v) is 13.7. The van der Waals surface area contributed by atoms with Crippen molar-refractivity contribution in [2.75, 3.05) is 30.9 Å². The SMILES string of the molecule is CSc1ccc(NC(=O)[C@H]2CCCN(S(C)(=O)=O)C2)cn1. The molecule has 116 valence electrons. The van der Waals surface area contributed by atoms with Gasteiger partial charge < -0.3 is 5.32 Å². The van der Waals surface area contributed by atoms with Crippen LogP contribution in [0.2, 0.25) is 0 Å². The van der Waals surface area contributed by atoms with Crippen LogP contribution in [0.3, 0.4) is 0 Å². The Morgan fingerprint density at radius 1 is 1.48 bits per heavy atom. The molecule has 8 heteroatoms. The van der Waals surface area contributed by atoms with Crippen LogP contribution in [-0.2, 0) is 14.8 Å². The maximum absolute atomic E-state index is 12.2. The van der Waals surface area contributed by atoms with Crippen LogP contribution in [0.1, 0.15) is 12.8 Å². The molecule has 0 aromatic carbocycles. The smallest absolute Gasteiger partial charge is 0.228 e. The summed E-state index contributed by atoms with van der Waals surface area (Å²) in [4.78, 5) is 16.4. The van der Waals surface area contributed by atoms with Gasteiger partial charge in [-0.05, 0) is 31.2 Å². The molecule has 1 atom stereocenters. The van der Waals surface area contributed by atoms with E-state index < -0.39 is 10.0 Å². The number of nitrogens with one attached hydrogen (secondary N) is 1. The Morgan fingerprint density at radius 2 is 2.24 bits per heavy atom. The number of anilines is 1. The molecule has 1 fully saturated rings. The second-order valence-corrected chi connectivity index (χ2v) is 7.85. The van der Waals surface area contributed by atoms with Crippen LogP contribution >= 0.6 is 11.8 Å². The molecule has 1 aliphatic rings. The summed E-state index contributed by atoms with van der Waals surface area (Å²) < 4.78 is 24.5. The summed E-state index contributed by atoms with van der Waals surface area (Å²) in [7, 11) is -3.24. The molecular weight excluding hydrogens is 310 g/mol. The van der Waals surface area contributed by atoms with Gasteiger partial charge in [0.15, 0.2) is 0 Å². The lowest BCUT2D eigenvalue weighted by Gasteiger charge is -2.30. The molecule has 2 rings (SSSR count). The lowest BCUT2D eigenvalue weighted by atomic mass is 9.99. The van der Waals surface area contributed by atoms with E-state index in [4.69, 9.17) is 0 Å². The van der Waals surface area contributed by atoms with E-state index in [0.29, 0.717) is 25.1 Å². The van der Waals surface area contributed by atoms with E-state index in [0.717, 1.165) is 5.03 Å². The molecule has 1 N–H and O–H groups in total. The maximum Gasteiger partial charge on any atom is 0.228 e. The Hall–Kier alpha value is -1.12. The lowest BCUT2D eigenvalue weighted by molar-refractivity contribution is -0.120. The molecule has 1 amide bonds. The average Bonchev–Trinajstić information content (AvgIpc) is 2.47. The van der Waals surface area contributed by atoms with Crippen LogP contribution in [0.15, 0.2) is 23.4 Å². The number of carbonyl (C=O) groups excluding carboxylic acids is 1. The maximum atomic E-state index is 12.2. The summed E-state index contributed by atoms with van der Waals surface area (Å²) >= 11 is 1.53. The van der Waals surface area contributed by atoms with E-state index in [1.165, 1.54) is 22.3 Å². The summed E-state index contributed by atoms with van der Waals surface area (Å²) in [5, 5.41) is 3.69. The predicted octanol–water partition coefficient (Wildman–Crippen LogP) is 1.41. The third-order valence-electron chi connectivity index (χ3n) is 3.44. The van der Waals surface area contributed by atoms with Gasteiger partial charge in [0.05, 0.1) is 29.1 Å². The second-order valence-electron chi connectivity index (χ2n) is 5.04. The van der Waals surface area contributed by atoms with Gasteiger partial charge in [0, 0.05) is 13.1 Å². The first-order valence-electron chi connectivity index (χ1n) is 6.66. The molecule has 0 bridgehead atoms. The van der Waals surface area contributed by atoms with E-state index in [1.807, 2.05) is 12.3 Å². The summed E-state index contributed by atoms with van der Waals surface area (Å²) in [5.41, 5.74) is 0.634. The largest absolute Gasteiger partial charge is 0.324 e. The molecular formula is C13H19N3O3S2. The molecule has 0 spiro atoms. The van der Waals surface area contributed by atoms with Gasteiger partial charge in [-0.25, -0.2) is 17.7 Å². The lowest BCUT2D eigenvalue weighted by Crippen LogP contribution is -2.43. The van der Waals surface area contributed by atoms with Gasteiger partial charge in [-0.3, -0.25) is 4.79 Å². The molecule has 0 radical (unpaired) electrons. The Kier molecular flexibility index (Phi) is 5.23. The number of rotatable bonds is 4. The normalized spacial score (nSPS) is 20.2. The van der Waals surface area contributed by atoms with Crippen LogP contribution in [0, 0.1) is 5.92 Å². The number of piperidine rings is 1. The van der Waals surface area contributed by atoms with Crippen molar-refractivity contribution in [1.29, 1.82) is 0 Å². The third kappa shape index (κ3) is 4.42. The number of thioether (sulfide) groups is 1. The van der Waals surface area contributed by atoms with Crippen molar-refractivity contribution in [1.82, 2.24) is 9.29 Å². The van der Waals surface area contributed by atoms with Gasteiger partial charge in [-0.2, -0.15) is 0 Å². The van der Waals surface area contributed by atoms with Crippen molar-refractivity contribution in [3.8, 4) is 0 Å². The molecule has 1 aromatic rings. The van der Waals surface area contributed by atoms with Gasteiger partial charge >= 0.3 is 0 Å². The zero-order valence-electron chi connectivity index (χ0n) is 12.1. The minimum Gasteiger partial charge on any atom is -0.324 e. The Labute approximate surface area is 129 Å². The van der Waals surface area contributed by atoms with Gasteiger partial charge in [0.1, 0.15) is 0 Å². The Morgan fingerprint density at radius 3 is 2.81 bits per heavy atom. The predicted molar refractivity (Wildman–Crippen MR) is 83.8 cm³/mol. The Balaban J connectivity index is 1.99. The molecule has 0 saturated carbocycles. The number of amides is 1. The first kappa shape index (κ1) is 16.3. The molecule has 1 aromatic heterocycles. The summed E-state index contributed by atoms with van der Waals surface area (Å²) in [6, 6.07) is 3.64. The number of hydrogen-bond acceptors (Lipinski definition) is 5. The standard InChI is InChI=1S/C13H19N3O3S2/c1-20-12-6-5-11(8-14-12)15-13(17)10-4-3-7-16(9-10)21(2,18)19/h5-6,8,10H,3-4,7,9H2,1-2H3,(H,15,17)/t10-/m0/s1. The number of sulfonamides is 1. The van der Waals surface area contributed by atoms with Gasteiger partial charge in [0.2, 0.25) is 15.9 Å². The van der Waals surface area contributed by atoms with E-state index in [2.05, 4.69) is 10.3 Å². The molecule has 21 heavy (non-hydrogen) atoms. The quantitative estimate of drug-likeness (QED) is 0.845. The first-order chi connectivity index (χ1) is 9.90. The van der Waals surface area contributed by atoms with Crippen LogP contribution in [0.4, 0.5) is 5.69 Å². The van der Waals surface area contributed by atoms with Crippen molar-refractivity contribution in [2.24, 2.45) is 5.92 Å². The number of carbonyl (C=O) groups is 1. The van der Waals surface area contributed by atoms with Gasteiger partial charge in [-0.15, -0.1) is 11.8 Å². The van der Waals surface area contributed by atoms with Crippen molar-refractivity contribution < 1.29 is 13.2 Å². The van der Waals surface area contributed by atoms with Crippen molar-refractivity contribution >= 4 is 33.4 Å². The second kappa shape index (κ2) is 6.76. The van der Waals surface area contributed by atoms with Crippen LogP contribution < -0.4 is 5.32 Å². The highest BCUT2D eigenvalue weighted by Gasteiger charge is 2.30. The molecule has 1 saturated heterocycles. The summed E-state index contributed by atoms with van der Waals surface area (Å²) in [6.45, 7) is 0.744. The number of nitrogens with zero attached hydrogens (tertiary/aromatic N) is 2. The molecule has 6 nitrogen and oxygen atoms in total. The van der Waals surface area contributed by atoms with Crippen molar-refractivity contribution in [2.45, 2.75) is 17.9 Å². The summed E-state index contributed by atoms with van der Waals surface area (Å²) in [5.74, 6) is -0.462. The van der Waals surface area contributed by atoms with E-state index in [-0.39, 0.29) is 18.4 Å². The summed E-state index contributed by atoms with van der Waals surface area (Å²) in [6.07, 6.45) is 6.13. The van der Waals surface area contributed by atoms with Crippen LogP contribution in [-0.4, -0.2) is 49.2 Å². The highest BCUT2D eigenvalue weighted by Crippen LogP contribution is 2.21. The van der Waals surface area contributed by atoms with Crippen LogP contribution in [0.25, 0.3) is 0 Å². The fourth-order valence-electron chi connectivity index (χ4n) is 2.28. The molecule has 0 aliphatic carbocycles. The van der Waals surface area contributed by atoms with Crippen molar-refractivity contribution in [3.63, 3.8) is 0 Å². The fraction of sp³-hybridized carbons (Fsp3) is 0.538. The van der Waals surface area contributed by atoms with Gasteiger partial charge in [-0.1, -0.05) is 0 Å². The Bertz CT molecular complexity index is 602. The highest BCUT2D eigenvalue weighted by molar-refractivity contribution is 7.98. The molecule has 0 unspecified atom stereocenters. The molecule has 2 heterocycles. The third-order valence-corrected chi connectivity index (χ3v) is 5.37. The zero-order chi connectivity index (χ0) is 15.5.